The molecule has 0 aliphatic rings. The number of aliphatic carboxylic acids is 1. The molecule has 18 heavy (non-hydrogen) atoms. The number of aromatic nitrogens is 1. The lowest BCUT2D eigenvalue weighted by Crippen LogP contribution is -2.32. The summed E-state index contributed by atoms with van der Waals surface area (Å²) in [4.78, 5) is 15.1. The van der Waals surface area contributed by atoms with E-state index in [-0.39, 0.29) is 0 Å². The molecule has 0 saturated carbocycles. The smallest absolute Gasteiger partial charge is 0.321 e. The Morgan fingerprint density at radius 1 is 1.56 bits per heavy atom. The molecule has 0 aliphatic heterocycles. The first-order valence-electron chi connectivity index (χ1n) is 5.20. The van der Waals surface area contributed by atoms with Gasteiger partial charge in [0.1, 0.15) is 11.0 Å². The van der Waals surface area contributed by atoms with Crippen molar-refractivity contribution in [2.75, 3.05) is 5.75 Å². The predicted octanol–water partition coefficient (Wildman–Crippen LogP) is 2.52. The van der Waals surface area contributed by atoms with Crippen LogP contribution in [-0.4, -0.2) is 27.9 Å². The number of nitrogens with zero attached hydrogens (tertiary/aromatic N) is 1. The zero-order valence-corrected chi connectivity index (χ0v) is 11.9. The first kappa shape index (κ1) is 13.5. The lowest BCUT2D eigenvalue weighted by molar-refractivity contribution is -0.137. The van der Waals surface area contributed by atoms with Gasteiger partial charge in [-0.2, -0.15) is 23.1 Å². The number of thioether (sulfide) groups is 1. The maximum atomic E-state index is 10.6. The first-order chi connectivity index (χ1) is 8.66. The average Bonchev–Trinajstić information content (AvgIpc) is 2.98. The van der Waals surface area contributed by atoms with Crippen LogP contribution in [0.25, 0.3) is 10.6 Å². The highest BCUT2D eigenvalue weighted by Gasteiger charge is 2.11. The minimum absolute atomic E-state index is 0.403. The Labute approximate surface area is 117 Å². The molecule has 0 radical (unpaired) electrons. The predicted molar refractivity (Wildman–Crippen MR) is 77.2 cm³/mol. The van der Waals surface area contributed by atoms with E-state index in [1.54, 1.807) is 22.7 Å². The lowest BCUT2D eigenvalue weighted by Gasteiger charge is -2.04. The van der Waals surface area contributed by atoms with Crippen LogP contribution < -0.4 is 5.73 Å². The van der Waals surface area contributed by atoms with E-state index in [0.29, 0.717) is 11.5 Å². The largest absolute Gasteiger partial charge is 0.480 e. The minimum Gasteiger partial charge on any atom is -0.480 e. The molecule has 0 amide bonds. The highest BCUT2D eigenvalue weighted by molar-refractivity contribution is 7.98. The van der Waals surface area contributed by atoms with Gasteiger partial charge in [-0.25, -0.2) is 4.98 Å². The van der Waals surface area contributed by atoms with Crippen molar-refractivity contribution in [1.82, 2.24) is 4.98 Å². The summed E-state index contributed by atoms with van der Waals surface area (Å²) >= 11 is 4.75. The van der Waals surface area contributed by atoms with Crippen molar-refractivity contribution in [1.29, 1.82) is 0 Å². The molecule has 0 saturated heterocycles. The van der Waals surface area contributed by atoms with Crippen LogP contribution in [0.1, 0.15) is 5.69 Å². The molecular formula is C11H12N2O2S3. The van der Waals surface area contributed by atoms with Crippen molar-refractivity contribution in [3.05, 3.63) is 27.9 Å². The van der Waals surface area contributed by atoms with Gasteiger partial charge in [0.05, 0.1) is 5.69 Å². The van der Waals surface area contributed by atoms with Crippen LogP contribution in [0.5, 0.6) is 0 Å². The van der Waals surface area contributed by atoms with Gasteiger partial charge in [-0.05, 0) is 11.4 Å². The Morgan fingerprint density at radius 3 is 3.06 bits per heavy atom. The summed E-state index contributed by atoms with van der Waals surface area (Å²) in [7, 11) is 0. The fraction of sp³-hybridized carbons (Fsp3) is 0.273. The van der Waals surface area contributed by atoms with Gasteiger partial charge in [-0.3, -0.25) is 4.79 Å². The van der Waals surface area contributed by atoms with Gasteiger partial charge in [-0.1, -0.05) is 0 Å². The van der Waals surface area contributed by atoms with Crippen LogP contribution >= 0.6 is 34.4 Å². The standard InChI is InChI=1S/C11H12N2O2S3/c12-9(11(14)15)6-17-4-8-5-18-10(13-8)7-1-2-16-3-7/h1-3,5,9H,4,6,12H2,(H,14,15)/t9-/m1/s1. The second kappa shape index (κ2) is 6.33. The van der Waals surface area contributed by atoms with Crippen LogP contribution in [0.2, 0.25) is 0 Å². The molecule has 0 aromatic carbocycles. The van der Waals surface area contributed by atoms with Crippen LogP contribution in [0, 0.1) is 0 Å². The molecule has 0 spiro atoms. The molecule has 3 N–H and O–H groups in total. The number of thiophene rings is 1. The Kier molecular flexibility index (Phi) is 4.76. The van der Waals surface area contributed by atoms with Gasteiger partial charge in [0, 0.05) is 27.8 Å². The molecule has 1 atom stereocenters. The average molecular weight is 300 g/mol. The van der Waals surface area contributed by atoms with Crippen LogP contribution in [-0.2, 0) is 10.5 Å². The molecular weight excluding hydrogens is 288 g/mol. The van der Waals surface area contributed by atoms with E-state index >= 15 is 0 Å². The summed E-state index contributed by atoms with van der Waals surface area (Å²) in [6.07, 6.45) is 0. The second-order valence-corrected chi connectivity index (χ2v) is 6.28. The summed E-state index contributed by atoms with van der Waals surface area (Å²) in [6.45, 7) is 0. The molecule has 2 aromatic heterocycles. The number of rotatable bonds is 6. The molecule has 0 aliphatic carbocycles. The third kappa shape index (κ3) is 3.55. The number of hydrogen-bond donors (Lipinski definition) is 2. The zero-order chi connectivity index (χ0) is 13.0. The fourth-order valence-electron chi connectivity index (χ4n) is 1.25. The zero-order valence-electron chi connectivity index (χ0n) is 9.41. The Hall–Kier alpha value is -0.890. The van der Waals surface area contributed by atoms with Crippen LogP contribution in [0.15, 0.2) is 22.2 Å². The Morgan fingerprint density at radius 2 is 2.39 bits per heavy atom. The minimum atomic E-state index is -0.959. The van der Waals surface area contributed by atoms with Crippen molar-refractivity contribution in [3.63, 3.8) is 0 Å². The molecule has 4 nitrogen and oxygen atoms in total. The van der Waals surface area contributed by atoms with Gasteiger partial charge in [0.25, 0.3) is 0 Å². The maximum absolute atomic E-state index is 10.6. The second-order valence-electron chi connectivity index (χ2n) is 3.62. The van der Waals surface area contributed by atoms with Crippen molar-refractivity contribution in [2.45, 2.75) is 11.8 Å². The Balaban J connectivity index is 1.86. The van der Waals surface area contributed by atoms with Gasteiger partial charge < -0.3 is 10.8 Å². The highest BCUT2D eigenvalue weighted by Crippen LogP contribution is 2.27. The Bertz CT molecular complexity index is 510. The summed E-state index contributed by atoms with van der Waals surface area (Å²) in [5.74, 6) is 0.141. The SMILES string of the molecule is N[C@H](CSCc1csc(-c2ccsc2)n1)C(=O)O. The number of hydrogen-bond acceptors (Lipinski definition) is 6. The topological polar surface area (TPSA) is 76.2 Å². The first-order valence-corrected chi connectivity index (χ1v) is 8.17. The molecule has 2 rings (SSSR count). The monoisotopic (exact) mass is 300 g/mol. The molecule has 0 fully saturated rings. The van der Waals surface area contributed by atoms with E-state index in [0.717, 1.165) is 16.3 Å². The summed E-state index contributed by atoms with van der Waals surface area (Å²) in [5.41, 5.74) is 7.54. The highest BCUT2D eigenvalue weighted by atomic mass is 32.2. The third-order valence-corrected chi connectivity index (χ3v) is 4.90. The van der Waals surface area contributed by atoms with Gasteiger partial charge in [0.15, 0.2) is 0 Å². The quantitative estimate of drug-likeness (QED) is 0.857. The van der Waals surface area contributed by atoms with Crippen LogP contribution in [0.4, 0.5) is 0 Å². The van der Waals surface area contributed by atoms with Gasteiger partial charge in [0.2, 0.25) is 0 Å². The van der Waals surface area contributed by atoms with E-state index in [9.17, 15) is 4.79 Å². The fourth-order valence-corrected chi connectivity index (χ4v) is 3.76. The van der Waals surface area contributed by atoms with E-state index in [1.165, 1.54) is 11.8 Å². The van der Waals surface area contributed by atoms with E-state index in [1.807, 2.05) is 16.8 Å². The third-order valence-electron chi connectivity index (χ3n) is 2.18. The van der Waals surface area contributed by atoms with Crippen LogP contribution in [0.3, 0.4) is 0 Å². The van der Waals surface area contributed by atoms with Crippen molar-refractivity contribution >= 4 is 40.4 Å². The van der Waals surface area contributed by atoms with Gasteiger partial charge >= 0.3 is 5.97 Å². The van der Waals surface area contributed by atoms with E-state index in [4.69, 9.17) is 10.8 Å². The molecule has 2 aromatic rings. The number of carboxylic acid groups (broad SMARTS) is 1. The lowest BCUT2D eigenvalue weighted by atomic mass is 10.4. The number of carbonyl (C=O) groups is 1. The summed E-state index contributed by atoms with van der Waals surface area (Å²) in [6, 6.07) is 1.24. The summed E-state index contributed by atoms with van der Waals surface area (Å²) < 4.78 is 0. The number of thiazole rings is 1. The van der Waals surface area contributed by atoms with Gasteiger partial charge in [-0.15, -0.1) is 11.3 Å². The van der Waals surface area contributed by atoms with Crippen molar-refractivity contribution in [3.8, 4) is 10.6 Å². The van der Waals surface area contributed by atoms with E-state index < -0.39 is 12.0 Å². The van der Waals surface area contributed by atoms with E-state index in [2.05, 4.69) is 10.4 Å². The molecule has 2 heterocycles. The summed E-state index contributed by atoms with van der Waals surface area (Å²) in [5, 5.41) is 15.8. The number of nitrogens with two attached hydrogens (primary N) is 1. The normalized spacial score (nSPS) is 12.5. The van der Waals surface area contributed by atoms with Crippen molar-refractivity contribution < 1.29 is 9.90 Å². The number of carboxylic acids is 1. The van der Waals surface area contributed by atoms with Crippen molar-refractivity contribution in [2.24, 2.45) is 5.73 Å². The molecule has 0 bridgehead atoms. The molecule has 0 unspecified atom stereocenters. The molecule has 96 valence electrons. The maximum Gasteiger partial charge on any atom is 0.321 e. The molecule has 7 heteroatoms.